The van der Waals surface area contributed by atoms with Gasteiger partial charge in [-0.15, -0.1) is 0 Å². The fourth-order valence-electron chi connectivity index (χ4n) is 4.09. The number of carbonyl (C=O) groups excluding carboxylic acids is 2. The Bertz CT molecular complexity index is 611. The summed E-state index contributed by atoms with van der Waals surface area (Å²) >= 11 is 0. The molecular formula is C20H28N2O3. The Morgan fingerprint density at radius 2 is 2.04 bits per heavy atom. The second-order valence-electron chi connectivity index (χ2n) is 7.19. The average molecular weight is 344 g/mol. The molecule has 2 aliphatic rings. The first-order valence-corrected chi connectivity index (χ1v) is 9.51. The molecule has 1 saturated carbocycles. The number of nitrogens with one attached hydrogen (secondary N) is 1. The van der Waals surface area contributed by atoms with Crippen molar-refractivity contribution in [1.82, 2.24) is 5.32 Å². The van der Waals surface area contributed by atoms with E-state index in [1.807, 2.05) is 12.1 Å². The van der Waals surface area contributed by atoms with Crippen LogP contribution in [0.4, 0.5) is 5.69 Å². The summed E-state index contributed by atoms with van der Waals surface area (Å²) in [6, 6.07) is 7.32. The normalized spacial score (nSPS) is 19.9. The smallest absolute Gasteiger partial charge is 0.251 e. The molecule has 2 amide bonds. The monoisotopic (exact) mass is 344 g/mol. The molecule has 0 bridgehead atoms. The summed E-state index contributed by atoms with van der Waals surface area (Å²) < 4.78 is 0. The van der Waals surface area contributed by atoms with Crippen molar-refractivity contribution in [2.75, 3.05) is 18.1 Å². The Hall–Kier alpha value is -1.88. The van der Waals surface area contributed by atoms with Gasteiger partial charge in [-0.1, -0.05) is 25.3 Å². The van der Waals surface area contributed by atoms with Gasteiger partial charge in [0.15, 0.2) is 0 Å². The van der Waals surface area contributed by atoms with Crippen LogP contribution in [0, 0.1) is 5.92 Å². The molecule has 136 valence electrons. The molecule has 1 aromatic carbocycles. The van der Waals surface area contributed by atoms with E-state index in [0.29, 0.717) is 24.3 Å². The first-order valence-electron chi connectivity index (χ1n) is 9.51. The third-order valence-corrected chi connectivity index (χ3v) is 5.47. The van der Waals surface area contributed by atoms with E-state index < -0.39 is 0 Å². The number of hydrogen-bond donors (Lipinski definition) is 2. The van der Waals surface area contributed by atoms with Crippen LogP contribution in [0.25, 0.3) is 0 Å². The lowest BCUT2D eigenvalue weighted by atomic mass is 9.82. The van der Waals surface area contributed by atoms with Gasteiger partial charge < -0.3 is 15.3 Å². The molecule has 0 spiro atoms. The standard InChI is InChI=1S/C20H28N2O3/c23-13-11-18(15-6-2-1-3-7-15)21-20(25)16-8-4-9-17(14-16)22-12-5-10-19(22)24/h4,8-9,14-15,18,23H,1-3,5-7,10-13H2,(H,21,25). The van der Waals surface area contributed by atoms with Gasteiger partial charge in [-0.2, -0.15) is 0 Å². The highest BCUT2D eigenvalue weighted by atomic mass is 16.3. The molecule has 1 aliphatic heterocycles. The van der Waals surface area contributed by atoms with E-state index in [-0.39, 0.29) is 24.5 Å². The van der Waals surface area contributed by atoms with Crippen LogP contribution in [-0.4, -0.2) is 36.1 Å². The zero-order chi connectivity index (χ0) is 17.6. The van der Waals surface area contributed by atoms with Crippen LogP contribution in [0.1, 0.15) is 61.7 Å². The van der Waals surface area contributed by atoms with Gasteiger partial charge in [0, 0.05) is 36.9 Å². The van der Waals surface area contributed by atoms with Crippen molar-refractivity contribution in [3.8, 4) is 0 Å². The molecule has 1 aromatic rings. The van der Waals surface area contributed by atoms with Crippen molar-refractivity contribution in [1.29, 1.82) is 0 Å². The first kappa shape index (κ1) is 17.9. The minimum absolute atomic E-state index is 0.0230. The summed E-state index contributed by atoms with van der Waals surface area (Å²) in [5, 5.41) is 12.5. The molecule has 3 rings (SSSR count). The largest absolute Gasteiger partial charge is 0.396 e. The summed E-state index contributed by atoms with van der Waals surface area (Å²) in [4.78, 5) is 26.4. The fourth-order valence-corrected chi connectivity index (χ4v) is 4.09. The van der Waals surface area contributed by atoms with E-state index in [1.165, 1.54) is 19.3 Å². The third-order valence-electron chi connectivity index (χ3n) is 5.47. The molecule has 1 atom stereocenters. The summed E-state index contributed by atoms with van der Waals surface area (Å²) in [5.41, 5.74) is 1.38. The third kappa shape index (κ3) is 4.40. The molecule has 5 nitrogen and oxygen atoms in total. The second kappa shape index (κ2) is 8.48. The molecule has 5 heteroatoms. The van der Waals surface area contributed by atoms with Crippen LogP contribution in [0.15, 0.2) is 24.3 Å². The minimum atomic E-state index is -0.113. The summed E-state index contributed by atoms with van der Waals surface area (Å²) in [5.74, 6) is 0.462. The molecule has 0 radical (unpaired) electrons. The summed E-state index contributed by atoms with van der Waals surface area (Å²) in [6.07, 6.45) is 7.96. The Balaban J connectivity index is 1.69. The van der Waals surface area contributed by atoms with Crippen molar-refractivity contribution in [3.63, 3.8) is 0 Å². The van der Waals surface area contributed by atoms with Gasteiger partial charge in [-0.25, -0.2) is 0 Å². The maximum Gasteiger partial charge on any atom is 0.251 e. The number of carbonyl (C=O) groups is 2. The SMILES string of the molecule is O=C(NC(CCO)C1CCCCC1)c1cccc(N2CCCC2=O)c1. The average Bonchev–Trinajstić information content (AvgIpc) is 3.08. The van der Waals surface area contributed by atoms with Gasteiger partial charge in [-0.3, -0.25) is 9.59 Å². The van der Waals surface area contributed by atoms with Crippen LogP contribution in [-0.2, 0) is 4.79 Å². The van der Waals surface area contributed by atoms with Crippen LogP contribution >= 0.6 is 0 Å². The van der Waals surface area contributed by atoms with Crippen molar-refractivity contribution in [2.24, 2.45) is 5.92 Å². The van der Waals surface area contributed by atoms with Crippen molar-refractivity contribution < 1.29 is 14.7 Å². The fraction of sp³-hybridized carbons (Fsp3) is 0.600. The summed E-state index contributed by atoms with van der Waals surface area (Å²) in [7, 11) is 0. The second-order valence-corrected chi connectivity index (χ2v) is 7.19. The zero-order valence-electron chi connectivity index (χ0n) is 14.7. The lowest BCUT2D eigenvalue weighted by Gasteiger charge is -2.30. The van der Waals surface area contributed by atoms with Gasteiger partial charge in [0.05, 0.1) is 0 Å². The van der Waals surface area contributed by atoms with Crippen LogP contribution in [0.3, 0.4) is 0 Å². The van der Waals surface area contributed by atoms with E-state index in [4.69, 9.17) is 0 Å². The van der Waals surface area contributed by atoms with Crippen molar-refractivity contribution >= 4 is 17.5 Å². The number of anilines is 1. The molecule has 1 unspecified atom stereocenters. The minimum Gasteiger partial charge on any atom is -0.396 e. The predicted octanol–water partition coefficient (Wildman–Crippen LogP) is 2.87. The molecule has 0 aromatic heterocycles. The van der Waals surface area contributed by atoms with E-state index in [9.17, 15) is 14.7 Å². The highest BCUT2D eigenvalue weighted by Gasteiger charge is 2.26. The molecule has 1 heterocycles. The van der Waals surface area contributed by atoms with E-state index in [1.54, 1.807) is 17.0 Å². The van der Waals surface area contributed by atoms with Crippen LogP contribution < -0.4 is 10.2 Å². The summed E-state index contributed by atoms with van der Waals surface area (Å²) in [6.45, 7) is 0.808. The lowest BCUT2D eigenvalue weighted by Crippen LogP contribution is -2.41. The Kier molecular flexibility index (Phi) is 6.08. The number of hydrogen-bond acceptors (Lipinski definition) is 3. The molecule has 2 fully saturated rings. The number of rotatable bonds is 6. The maximum absolute atomic E-state index is 12.7. The molecular weight excluding hydrogens is 316 g/mol. The van der Waals surface area contributed by atoms with E-state index in [2.05, 4.69) is 5.32 Å². The van der Waals surface area contributed by atoms with Crippen molar-refractivity contribution in [3.05, 3.63) is 29.8 Å². The van der Waals surface area contributed by atoms with Gasteiger partial charge in [0.1, 0.15) is 0 Å². The lowest BCUT2D eigenvalue weighted by molar-refractivity contribution is -0.117. The van der Waals surface area contributed by atoms with Crippen LogP contribution in [0.2, 0.25) is 0 Å². The number of aliphatic hydroxyl groups excluding tert-OH is 1. The number of nitrogens with zero attached hydrogens (tertiary/aromatic N) is 1. The van der Waals surface area contributed by atoms with Crippen LogP contribution in [0.5, 0.6) is 0 Å². The Morgan fingerprint density at radius 1 is 1.24 bits per heavy atom. The predicted molar refractivity (Wildman–Crippen MR) is 97.6 cm³/mol. The molecule has 25 heavy (non-hydrogen) atoms. The quantitative estimate of drug-likeness (QED) is 0.834. The highest BCUT2D eigenvalue weighted by molar-refractivity contribution is 5.99. The van der Waals surface area contributed by atoms with Gasteiger partial charge in [0.2, 0.25) is 5.91 Å². The van der Waals surface area contributed by atoms with Gasteiger partial charge in [0.25, 0.3) is 5.91 Å². The highest BCUT2D eigenvalue weighted by Crippen LogP contribution is 2.28. The number of aliphatic hydroxyl groups is 1. The van der Waals surface area contributed by atoms with E-state index in [0.717, 1.165) is 31.5 Å². The topological polar surface area (TPSA) is 69.6 Å². The number of amides is 2. The molecule has 2 N–H and O–H groups in total. The Morgan fingerprint density at radius 3 is 2.72 bits per heavy atom. The van der Waals surface area contributed by atoms with E-state index >= 15 is 0 Å². The molecule has 1 aliphatic carbocycles. The Labute approximate surface area is 149 Å². The van der Waals surface area contributed by atoms with Gasteiger partial charge >= 0.3 is 0 Å². The van der Waals surface area contributed by atoms with Gasteiger partial charge in [-0.05, 0) is 49.8 Å². The van der Waals surface area contributed by atoms with Crippen molar-refractivity contribution in [2.45, 2.75) is 57.4 Å². The first-order chi connectivity index (χ1) is 12.2. The maximum atomic E-state index is 12.7. The number of benzene rings is 1. The zero-order valence-corrected chi connectivity index (χ0v) is 14.7. The molecule has 1 saturated heterocycles.